The van der Waals surface area contributed by atoms with Crippen molar-refractivity contribution in [2.75, 3.05) is 39.3 Å². The van der Waals surface area contributed by atoms with Crippen molar-refractivity contribution in [3.05, 3.63) is 66.0 Å². The van der Waals surface area contributed by atoms with Gasteiger partial charge in [0.2, 0.25) is 10.0 Å². The minimum Gasteiger partial charge on any atom is -0.390 e. The molecule has 0 unspecified atom stereocenters. The fourth-order valence-electron chi connectivity index (χ4n) is 4.25. The lowest BCUT2D eigenvalue weighted by molar-refractivity contribution is 0.0618. The number of likely N-dealkylation sites (tertiary alicyclic amines) is 1. The van der Waals surface area contributed by atoms with E-state index >= 15 is 0 Å². The quantitative estimate of drug-likeness (QED) is 0.793. The Balaban J connectivity index is 1.36. The lowest BCUT2D eigenvalue weighted by atomic mass is 10.1. The Hall–Kier alpha value is -1.84. The highest BCUT2D eigenvalue weighted by Crippen LogP contribution is 2.24. The van der Waals surface area contributed by atoms with Crippen LogP contribution < -0.4 is 0 Å². The van der Waals surface area contributed by atoms with Gasteiger partial charge in [0.05, 0.1) is 6.10 Å². The number of hydrogen-bond donors (Lipinski definition) is 1. The maximum Gasteiger partial charge on any atom is 0.246 e. The summed E-state index contributed by atoms with van der Waals surface area (Å²) in [5.74, 6) is -0.724. The fraction of sp³-hybridized carbons (Fsp3) is 0.429. The molecule has 0 amide bonds. The number of halogens is 1. The van der Waals surface area contributed by atoms with E-state index in [0.29, 0.717) is 32.7 Å². The third-order valence-corrected chi connectivity index (χ3v) is 7.71. The number of hydrogen-bond acceptors (Lipinski definition) is 5. The summed E-state index contributed by atoms with van der Waals surface area (Å²) in [6, 6.07) is 15.6. The Morgan fingerprint density at radius 3 is 2.28 bits per heavy atom. The van der Waals surface area contributed by atoms with Gasteiger partial charge in [-0.1, -0.05) is 42.5 Å². The molecule has 6 nitrogen and oxygen atoms in total. The van der Waals surface area contributed by atoms with E-state index in [0.717, 1.165) is 13.1 Å². The molecule has 0 radical (unpaired) electrons. The van der Waals surface area contributed by atoms with Crippen molar-refractivity contribution in [1.29, 1.82) is 0 Å². The Bertz CT molecular complexity index is 933. The first kappa shape index (κ1) is 20.4. The molecule has 1 N–H and O–H groups in total. The standard InChI is InChI=1S/C21H26FN3O3S/c22-18-8-4-5-9-21(18)29(27,28)25-12-10-24(11-13-25)19-15-23(16-20(19)26)14-17-6-2-1-3-7-17/h1-9,19-20,26H,10-16H2/t19-,20-/m0/s1. The molecular formula is C21H26FN3O3S. The number of β-amino-alcohol motifs (C(OH)–C–C–N with tert-alkyl or cyclic N) is 1. The van der Waals surface area contributed by atoms with Crippen LogP contribution in [0.4, 0.5) is 4.39 Å². The second-order valence-electron chi connectivity index (χ2n) is 7.68. The van der Waals surface area contributed by atoms with Gasteiger partial charge in [0, 0.05) is 51.9 Å². The van der Waals surface area contributed by atoms with Gasteiger partial charge in [0.1, 0.15) is 10.7 Å². The highest BCUT2D eigenvalue weighted by molar-refractivity contribution is 7.89. The molecule has 0 spiro atoms. The van der Waals surface area contributed by atoms with Gasteiger partial charge in [-0.2, -0.15) is 4.31 Å². The summed E-state index contributed by atoms with van der Waals surface area (Å²) in [5, 5.41) is 10.6. The summed E-state index contributed by atoms with van der Waals surface area (Å²) < 4.78 is 40.9. The molecule has 2 aliphatic heterocycles. The van der Waals surface area contributed by atoms with E-state index in [4.69, 9.17) is 0 Å². The van der Waals surface area contributed by atoms with Gasteiger partial charge in [0.25, 0.3) is 0 Å². The molecule has 0 saturated carbocycles. The largest absolute Gasteiger partial charge is 0.390 e. The number of aliphatic hydroxyl groups excluding tert-OH is 1. The second-order valence-corrected chi connectivity index (χ2v) is 9.59. The highest BCUT2D eigenvalue weighted by Gasteiger charge is 2.38. The van der Waals surface area contributed by atoms with E-state index in [9.17, 15) is 17.9 Å². The summed E-state index contributed by atoms with van der Waals surface area (Å²) in [6.07, 6.45) is -0.464. The van der Waals surface area contributed by atoms with Crippen LogP contribution in [0.15, 0.2) is 59.5 Å². The lowest BCUT2D eigenvalue weighted by Crippen LogP contribution is -2.54. The van der Waals surface area contributed by atoms with E-state index in [-0.39, 0.29) is 10.9 Å². The van der Waals surface area contributed by atoms with Crippen molar-refractivity contribution in [2.24, 2.45) is 0 Å². The summed E-state index contributed by atoms with van der Waals surface area (Å²) in [5.41, 5.74) is 1.21. The minimum atomic E-state index is -3.85. The first-order valence-electron chi connectivity index (χ1n) is 9.88. The third-order valence-electron chi connectivity index (χ3n) is 5.78. The van der Waals surface area contributed by atoms with E-state index < -0.39 is 21.9 Å². The maximum atomic E-state index is 14.0. The molecule has 2 fully saturated rings. The smallest absolute Gasteiger partial charge is 0.246 e. The van der Waals surface area contributed by atoms with Gasteiger partial charge in [-0.3, -0.25) is 9.80 Å². The van der Waals surface area contributed by atoms with Crippen molar-refractivity contribution in [3.63, 3.8) is 0 Å². The SMILES string of the molecule is O=S(=O)(c1ccccc1F)N1CCN([C@H]2CN(Cc3ccccc3)C[C@@H]2O)CC1. The van der Waals surface area contributed by atoms with E-state index in [1.807, 2.05) is 18.2 Å². The molecule has 2 saturated heterocycles. The molecule has 0 bridgehead atoms. The minimum absolute atomic E-state index is 0.0166. The number of benzene rings is 2. The molecule has 156 valence electrons. The number of sulfonamides is 1. The van der Waals surface area contributed by atoms with Crippen molar-refractivity contribution in [3.8, 4) is 0 Å². The summed E-state index contributed by atoms with van der Waals surface area (Å²) in [7, 11) is -3.85. The molecule has 2 aliphatic rings. The lowest BCUT2D eigenvalue weighted by Gasteiger charge is -2.38. The molecule has 8 heteroatoms. The van der Waals surface area contributed by atoms with Crippen molar-refractivity contribution in [2.45, 2.75) is 23.6 Å². The van der Waals surface area contributed by atoms with Crippen LogP contribution in [0.5, 0.6) is 0 Å². The number of nitrogens with zero attached hydrogens (tertiary/aromatic N) is 3. The third kappa shape index (κ3) is 4.36. The van der Waals surface area contributed by atoms with Gasteiger partial charge in [-0.25, -0.2) is 12.8 Å². The van der Waals surface area contributed by atoms with Gasteiger partial charge in [0.15, 0.2) is 0 Å². The number of aliphatic hydroxyl groups is 1. The normalized spacial score (nSPS) is 24.8. The molecule has 2 atom stereocenters. The van der Waals surface area contributed by atoms with Crippen LogP contribution in [0.3, 0.4) is 0 Å². The Morgan fingerprint density at radius 1 is 0.931 bits per heavy atom. The summed E-state index contributed by atoms with van der Waals surface area (Å²) in [4.78, 5) is 4.11. The van der Waals surface area contributed by atoms with Crippen LogP contribution >= 0.6 is 0 Å². The first-order valence-corrected chi connectivity index (χ1v) is 11.3. The topological polar surface area (TPSA) is 64.1 Å². The molecular weight excluding hydrogens is 393 g/mol. The van der Waals surface area contributed by atoms with E-state index in [2.05, 4.69) is 21.9 Å². The van der Waals surface area contributed by atoms with Gasteiger partial charge in [-0.05, 0) is 17.7 Å². The van der Waals surface area contributed by atoms with Crippen molar-refractivity contribution >= 4 is 10.0 Å². The van der Waals surface area contributed by atoms with Gasteiger partial charge in [-0.15, -0.1) is 0 Å². The van der Waals surface area contributed by atoms with Crippen LogP contribution in [0.1, 0.15) is 5.56 Å². The van der Waals surface area contributed by atoms with Crippen LogP contribution in [-0.2, 0) is 16.6 Å². The first-order chi connectivity index (χ1) is 13.9. The molecule has 2 aromatic rings. The van der Waals surface area contributed by atoms with Gasteiger partial charge >= 0.3 is 0 Å². The monoisotopic (exact) mass is 419 g/mol. The molecule has 4 rings (SSSR count). The average Bonchev–Trinajstić information content (AvgIpc) is 3.09. The molecule has 2 aromatic carbocycles. The number of piperazine rings is 1. The molecule has 29 heavy (non-hydrogen) atoms. The van der Waals surface area contributed by atoms with E-state index in [1.165, 1.54) is 34.1 Å². The van der Waals surface area contributed by atoms with Crippen molar-refractivity contribution in [1.82, 2.24) is 14.1 Å². The van der Waals surface area contributed by atoms with E-state index in [1.54, 1.807) is 0 Å². The highest BCUT2D eigenvalue weighted by atomic mass is 32.2. The van der Waals surface area contributed by atoms with Crippen LogP contribution in [0.2, 0.25) is 0 Å². The Morgan fingerprint density at radius 2 is 1.59 bits per heavy atom. The zero-order valence-corrected chi connectivity index (χ0v) is 17.0. The van der Waals surface area contributed by atoms with Crippen LogP contribution in [-0.4, -0.2) is 79.0 Å². The predicted molar refractivity (Wildman–Crippen MR) is 108 cm³/mol. The fourth-order valence-corrected chi connectivity index (χ4v) is 5.73. The summed E-state index contributed by atoms with van der Waals surface area (Å²) in [6.45, 7) is 3.76. The molecule has 0 aromatic heterocycles. The predicted octanol–water partition coefficient (Wildman–Crippen LogP) is 1.38. The number of rotatable bonds is 5. The second kappa shape index (κ2) is 8.49. The zero-order valence-electron chi connectivity index (χ0n) is 16.2. The zero-order chi connectivity index (χ0) is 20.4. The van der Waals surface area contributed by atoms with Crippen LogP contribution in [0, 0.1) is 5.82 Å². The molecule has 2 heterocycles. The summed E-state index contributed by atoms with van der Waals surface area (Å²) >= 11 is 0. The maximum absolute atomic E-state index is 14.0. The van der Waals surface area contributed by atoms with Crippen molar-refractivity contribution < 1.29 is 17.9 Å². The van der Waals surface area contributed by atoms with Crippen LogP contribution in [0.25, 0.3) is 0 Å². The Labute approximate surface area is 171 Å². The molecule has 0 aliphatic carbocycles. The van der Waals surface area contributed by atoms with Gasteiger partial charge < -0.3 is 5.11 Å². The average molecular weight is 420 g/mol. The Kier molecular flexibility index (Phi) is 5.98.